The Morgan fingerprint density at radius 2 is 2.08 bits per heavy atom. The van der Waals surface area contributed by atoms with E-state index in [1.807, 2.05) is 6.92 Å². The summed E-state index contributed by atoms with van der Waals surface area (Å²) in [5.74, 6) is 0.502. The lowest BCUT2D eigenvalue weighted by molar-refractivity contribution is 1.19. The Morgan fingerprint density at radius 1 is 1.38 bits per heavy atom. The molecule has 0 saturated carbocycles. The van der Waals surface area contributed by atoms with E-state index in [1.54, 1.807) is 12.3 Å². The minimum atomic E-state index is 0.0891. The SMILES string of the molecule is CC=CNc1nc(N)nc(Cl)c1N. The van der Waals surface area contributed by atoms with Crippen LogP contribution in [0.4, 0.5) is 17.5 Å². The Balaban J connectivity index is 3.05. The van der Waals surface area contributed by atoms with Crippen LogP contribution in [0, 0.1) is 0 Å². The number of nitrogens with one attached hydrogen (secondary N) is 1. The average molecular weight is 200 g/mol. The standard InChI is InChI=1S/C7H10ClN5/c1-2-3-11-6-4(9)5(8)12-7(10)13-6/h2-3H,9H2,1H3,(H3,10,11,12,13). The number of rotatable bonds is 2. The molecule has 5 nitrogen and oxygen atoms in total. The largest absolute Gasteiger partial charge is 0.393 e. The summed E-state index contributed by atoms with van der Waals surface area (Å²) in [6, 6.07) is 0. The van der Waals surface area contributed by atoms with Gasteiger partial charge in [0.15, 0.2) is 11.0 Å². The fourth-order valence-electron chi connectivity index (χ4n) is 0.731. The van der Waals surface area contributed by atoms with E-state index in [4.69, 9.17) is 23.1 Å². The van der Waals surface area contributed by atoms with Crippen LogP contribution >= 0.6 is 11.6 Å². The van der Waals surface area contributed by atoms with E-state index in [9.17, 15) is 0 Å². The van der Waals surface area contributed by atoms with Crippen molar-refractivity contribution >= 4 is 29.1 Å². The van der Waals surface area contributed by atoms with Crippen molar-refractivity contribution in [2.24, 2.45) is 0 Å². The van der Waals surface area contributed by atoms with Gasteiger partial charge in [-0.15, -0.1) is 0 Å². The zero-order valence-corrected chi connectivity index (χ0v) is 7.84. The molecule has 0 aromatic carbocycles. The molecule has 1 aromatic rings. The van der Waals surface area contributed by atoms with Crippen LogP contribution in [0.5, 0.6) is 0 Å². The van der Waals surface area contributed by atoms with Gasteiger partial charge in [0, 0.05) is 0 Å². The molecule has 0 spiro atoms. The maximum absolute atomic E-state index is 5.68. The highest BCUT2D eigenvalue weighted by Gasteiger charge is 2.06. The van der Waals surface area contributed by atoms with Gasteiger partial charge in [-0.1, -0.05) is 17.7 Å². The molecule has 0 amide bonds. The lowest BCUT2D eigenvalue weighted by Gasteiger charge is -2.05. The number of anilines is 3. The molecule has 0 aliphatic heterocycles. The predicted molar refractivity (Wildman–Crippen MR) is 54.3 cm³/mol. The first kappa shape index (κ1) is 9.60. The van der Waals surface area contributed by atoms with Gasteiger partial charge in [-0.25, -0.2) is 0 Å². The number of hydrogen-bond donors (Lipinski definition) is 3. The van der Waals surface area contributed by atoms with Crippen LogP contribution in [0.3, 0.4) is 0 Å². The van der Waals surface area contributed by atoms with Crippen molar-refractivity contribution < 1.29 is 0 Å². The number of aromatic nitrogens is 2. The molecule has 0 aliphatic carbocycles. The van der Waals surface area contributed by atoms with E-state index in [0.29, 0.717) is 5.82 Å². The molecular weight excluding hydrogens is 190 g/mol. The third-order valence-electron chi connectivity index (χ3n) is 1.30. The topological polar surface area (TPSA) is 89.8 Å². The van der Waals surface area contributed by atoms with Gasteiger partial charge in [0.1, 0.15) is 5.69 Å². The van der Waals surface area contributed by atoms with Crippen molar-refractivity contribution in [3.8, 4) is 0 Å². The van der Waals surface area contributed by atoms with Gasteiger partial charge >= 0.3 is 0 Å². The Bertz CT molecular complexity index is 336. The number of nitrogen functional groups attached to an aromatic ring is 2. The molecule has 0 unspecified atom stereocenters. The summed E-state index contributed by atoms with van der Waals surface area (Å²) in [4.78, 5) is 7.55. The Kier molecular flexibility index (Phi) is 2.92. The van der Waals surface area contributed by atoms with Crippen LogP contribution in [0.25, 0.3) is 0 Å². The zero-order valence-electron chi connectivity index (χ0n) is 7.08. The highest BCUT2D eigenvalue weighted by molar-refractivity contribution is 6.32. The maximum atomic E-state index is 5.68. The van der Waals surface area contributed by atoms with Gasteiger partial charge in [0.25, 0.3) is 0 Å². The molecule has 6 heteroatoms. The second-order valence-electron chi connectivity index (χ2n) is 2.28. The van der Waals surface area contributed by atoms with Crippen LogP contribution in [-0.4, -0.2) is 9.97 Å². The molecule has 0 atom stereocenters. The average Bonchev–Trinajstić information content (AvgIpc) is 2.09. The molecule has 0 saturated heterocycles. The Morgan fingerprint density at radius 3 is 2.69 bits per heavy atom. The lowest BCUT2D eigenvalue weighted by atomic mass is 10.5. The van der Waals surface area contributed by atoms with Crippen molar-refractivity contribution in [3.05, 3.63) is 17.4 Å². The van der Waals surface area contributed by atoms with E-state index in [2.05, 4.69) is 15.3 Å². The van der Waals surface area contributed by atoms with Crippen molar-refractivity contribution in [2.75, 3.05) is 16.8 Å². The molecule has 1 heterocycles. The quantitative estimate of drug-likeness (QED) is 0.624. The molecule has 70 valence electrons. The smallest absolute Gasteiger partial charge is 0.223 e. The number of halogens is 1. The van der Waals surface area contributed by atoms with Crippen LogP contribution in [0.15, 0.2) is 12.3 Å². The monoisotopic (exact) mass is 199 g/mol. The molecule has 1 rings (SSSR count). The summed E-state index contributed by atoms with van der Waals surface area (Å²) in [6.07, 6.45) is 3.47. The van der Waals surface area contributed by atoms with E-state index >= 15 is 0 Å². The fraction of sp³-hybridized carbons (Fsp3) is 0.143. The van der Waals surface area contributed by atoms with Crippen LogP contribution in [0.2, 0.25) is 5.15 Å². The van der Waals surface area contributed by atoms with Crippen molar-refractivity contribution in [3.63, 3.8) is 0 Å². The van der Waals surface area contributed by atoms with Crippen molar-refractivity contribution in [1.29, 1.82) is 0 Å². The molecule has 1 aromatic heterocycles. The second-order valence-corrected chi connectivity index (χ2v) is 2.64. The van der Waals surface area contributed by atoms with Gasteiger partial charge < -0.3 is 16.8 Å². The van der Waals surface area contributed by atoms with Crippen molar-refractivity contribution in [2.45, 2.75) is 6.92 Å². The summed E-state index contributed by atoms with van der Waals surface area (Å²) >= 11 is 5.68. The highest BCUT2D eigenvalue weighted by Crippen LogP contribution is 2.23. The first-order valence-corrected chi connectivity index (χ1v) is 3.99. The summed E-state index contributed by atoms with van der Waals surface area (Å²) in [5, 5.41) is 2.98. The third-order valence-corrected chi connectivity index (χ3v) is 1.59. The number of hydrogen-bond acceptors (Lipinski definition) is 5. The molecular formula is C7H10ClN5. The van der Waals surface area contributed by atoms with E-state index in [0.717, 1.165) is 0 Å². The maximum Gasteiger partial charge on any atom is 0.223 e. The van der Waals surface area contributed by atoms with Crippen LogP contribution in [-0.2, 0) is 0 Å². The minimum absolute atomic E-state index is 0.0891. The summed E-state index contributed by atoms with van der Waals surface area (Å²) in [6.45, 7) is 1.86. The lowest BCUT2D eigenvalue weighted by Crippen LogP contribution is -2.04. The van der Waals surface area contributed by atoms with Crippen molar-refractivity contribution in [1.82, 2.24) is 9.97 Å². The van der Waals surface area contributed by atoms with Gasteiger partial charge in [0.2, 0.25) is 5.95 Å². The first-order chi connectivity index (χ1) is 6.15. The van der Waals surface area contributed by atoms with Gasteiger partial charge in [-0.2, -0.15) is 9.97 Å². The number of nitrogens with zero attached hydrogens (tertiary/aromatic N) is 2. The predicted octanol–water partition coefficient (Wildman–Crippen LogP) is 1.24. The van der Waals surface area contributed by atoms with Gasteiger partial charge in [-0.3, -0.25) is 0 Å². The van der Waals surface area contributed by atoms with Gasteiger partial charge in [0.05, 0.1) is 0 Å². The summed E-state index contributed by atoms with van der Waals surface area (Å²) in [7, 11) is 0. The first-order valence-electron chi connectivity index (χ1n) is 3.61. The molecule has 0 fully saturated rings. The van der Waals surface area contributed by atoms with E-state index in [-0.39, 0.29) is 16.8 Å². The van der Waals surface area contributed by atoms with Gasteiger partial charge in [-0.05, 0) is 13.1 Å². The molecule has 0 bridgehead atoms. The van der Waals surface area contributed by atoms with Crippen LogP contribution < -0.4 is 16.8 Å². The number of allylic oxidation sites excluding steroid dienone is 1. The highest BCUT2D eigenvalue weighted by atomic mass is 35.5. The zero-order chi connectivity index (χ0) is 9.84. The number of nitrogens with two attached hydrogens (primary N) is 2. The molecule has 5 N–H and O–H groups in total. The summed E-state index contributed by atoms with van der Waals surface area (Å²) < 4.78 is 0. The Labute approximate surface area is 80.8 Å². The molecule has 0 radical (unpaired) electrons. The minimum Gasteiger partial charge on any atom is -0.393 e. The second kappa shape index (κ2) is 3.95. The fourth-order valence-corrected chi connectivity index (χ4v) is 0.907. The molecule has 13 heavy (non-hydrogen) atoms. The Hall–Kier alpha value is -1.49. The third kappa shape index (κ3) is 2.22. The summed E-state index contributed by atoms with van der Waals surface area (Å²) in [5.41, 5.74) is 11.2. The molecule has 0 aliphatic rings. The normalized spacial score (nSPS) is 10.6. The van der Waals surface area contributed by atoms with E-state index < -0.39 is 0 Å². The van der Waals surface area contributed by atoms with Crippen LogP contribution in [0.1, 0.15) is 6.92 Å². The van der Waals surface area contributed by atoms with E-state index in [1.165, 1.54) is 0 Å².